The molecule has 2 heterocycles. The molecule has 3 aromatic rings. The van der Waals surface area contributed by atoms with Crippen molar-refractivity contribution in [2.24, 2.45) is 5.92 Å². The van der Waals surface area contributed by atoms with Crippen LogP contribution >= 0.6 is 11.6 Å². The summed E-state index contributed by atoms with van der Waals surface area (Å²) in [6, 6.07) is 0.161. The van der Waals surface area contributed by atoms with E-state index >= 15 is 0 Å². The number of methoxy groups -OCH3 is 1. The van der Waals surface area contributed by atoms with E-state index in [1.54, 1.807) is 6.92 Å². The predicted molar refractivity (Wildman–Crippen MR) is 100.0 cm³/mol. The van der Waals surface area contributed by atoms with Gasteiger partial charge in [-0.2, -0.15) is 19.6 Å². The first-order valence-electron chi connectivity index (χ1n) is 8.66. The van der Waals surface area contributed by atoms with Gasteiger partial charge in [0, 0.05) is 12.1 Å². The van der Waals surface area contributed by atoms with Crippen molar-refractivity contribution in [1.82, 2.24) is 19.6 Å². The lowest BCUT2D eigenvalue weighted by atomic mass is 9.98. The first kappa shape index (κ1) is 20.8. The zero-order valence-electron chi connectivity index (χ0n) is 15.7. The molecule has 0 aliphatic carbocycles. The van der Waals surface area contributed by atoms with Crippen LogP contribution in [0.3, 0.4) is 0 Å². The molecule has 11 heteroatoms. The topological polar surface area (TPSA) is 81.4 Å². The lowest BCUT2D eigenvalue weighted by Gasteiger charge is -2.25. The van der Waals surface area contributed by atoms with Crippen LogP contribution in [-0.4, -0.2) is 38.7 Å². The molecular weight excluding hydrogens is 411 g/mol. The van der Waals surface area contributed by atoms with Gasteiger partial charge < -0.3 is 10.1 Å². The van der Waals surface area contributed by atoms with Crippen LogP contribution < -0.4 is 5.32 Å². The molecule has 1 N–H and O–H groups in total. The number of fused-ring (bicyclic) bond motifs is 1. The maximum Gasteiger partial charge on any atom is 0.328 e. The van der Waals surface area contributed by atoms with Crippen LogP contribution in [0.5, 0.6) is 0 Å². The molecule has 0 aliphatic heterocycles. The highest BCUT2D eigenvalue weighted by Crippen LogP contribution is 2.38. The van der Waals surface area contributed by atoms with E-state index in [9.17, 15) is 18.0 Å². The molecule has 0 aliphatic rings. The smallest absolute Gasteiger partial charge is 0.328 e. The van der Waals surface area contributed by atoms with Gasteiger partial charge in [-0.05, 0) is 5.92 Å². The minimum atomic E-state index is -1.19. The van der Waals surface area contributed by atoms with Gasteiger partial charge in [0.05, 0.1) is 18.2 Å². The minimum absolute atomic E-state index is 0.0300. The van der Waals surface area contributed by atoms with Crippen molar-refractivity contribution in [2.45, 2.75) is 26.3 Å². The zero-order chi connectivity index (χ0) is 21.3. The number of rotatable bonds is 6. The Kier molecular flexibility index (Phi) is 5.92. The van der Waals surface area contributed by atoms with Gasteiger partial charge in [-0.15, -0.1) is 0 Å². The number of esters is 1. The second kappa shape index (κ2) is 8.24. The molecule has 0 spiro atoms. The Bertz CT molecular complexity index is 1050. The van der Waals surface area contributed by atoms with Crippen molar-refractivity contribution < 1.29 is 22.7 Å². The van der Waals surface area contributed by atoms with Crippen molar-refractivity contribution in [3.05, 3.63) is 41.1 Å². The summed E-state index contributed by atoms with van der Waals surface area (Å²) in [5.41, 5.74) is -0.839. The molecule has 2 aromatic heterocycles. The number of carbonyl (C=O) groups is 1. The molecule has 0 fully saturated rings. The summed E-state index contributed by atoms with van der Waals surface area (Å²) in [7, 11) is 1.23. The normalized spacial score (nSPS) is 13.3. The van der Waals surface area contributed by atoms with Crippen LogP contribution in [0.15, 0.2) is 18.5 Å². The lowest BCUT2D eigenvalue weighted by Crippen LogP contribution is -2.37. The molecule has 0 saturated heterocycles. The van der Waals surface area contributed by atoms with Crippen LogP contribution in [0.2, 0.25) is 5.15 Å². The van der Waals surface area contributed by atoms with Crippen molar-refractivity contribution in [1.29, 1.82) is 0 Å². The molecular formula is C18H17ClF3N5O2. The fourth-order valence-corrected chi connectivity index (χ4v) is 3.16. The molecule has 0 amide bonds. The van der Waals surface area contributed by atoms with Crippen LogP contribution in [0.1, 0.15) is 20.3 Å². The fourth-order valence-electron chi connectivity index (χ4n) is 2.90. The molecule has 154 valence electrons. The summed E-state index contributed by atoms with van der Waals surface area (Å²) in [4.78, 5) is 20.2. The maximum atomic E-state index is 14.5. The third-order valence-corrected chi connectivity index (χ3v) is 4.87. The van der Waals surface area contributed by atoms with E-state index in [2.05, 4.69) is 20.4 Å². The van der Waals surface area contributed by atoms with Crippen molar-refractivity contribution in [3.8, 4) is 11.1 Å². The quantitative estimate of drug-likeness (QED) is 0.475. The summed E-state index contributed by atoms with van der Waals surface area (Å²) >= 11 is 6.22. The highest BCUT2D eigenvalue weighted by atomic mass is 35.5. The number of hydrogen-bond acceptors (Lipinski definition) is 6. The standard InChI is InChI=1S/C18H17ClF3N5O2/c1-4-8(2)14(17(28)29-3)25-16-13(12-10(21)5-9(20)6-11(12)22)15(19)26-18-23-7-24-27(16)18/h5-8,14,25H,4H2,1-3H3/t8?,14-/m0/s1. The minimum Gasteiger partial charge on any atom is -0.467 e. The number of anilines is 1. The van der Waals surface area contributed by atoms with E-state index in [1.165, 1.54) is 13.4 Å². The number of hydrogen-bond donors (Lipinski definition) is 1. The van der Waals surface area contributed by atoms with Crippen LogP contribution in [0.25, 0.3) is 16.9 Å². The van der Waals surface area contributed by atoms with Gasteiger partial charge >= 0.3 is 5.97 Å². The first-order valence-corrected chi connectivity index (χ1v) is 9.04. The first-order chi connectivity index (χ1) is 13.8. The number of aromatic nitrogens is 4. The van der Waals surface area contributed by atoms with Gasteiger partial charge in [0.1, 0.15) is 40.8 Å². The van der Waals surface area contributed by atoms with Crippen LogP contribution in [0, 0.1) is 23.4 Å². The molecule has 0 radical (unpaired) electrons. The second-order valence-corrected chi connectivity index (χ2v) is 6.73. The molecule has 1 aromatic carbocycles. The van der Waals surface area contributed by atoms with Gasteiger partial charge in [0.2, 0.25) is 0 Å². The highest BCUT2D eigenvalue weighted by molar-refractivity contribution is 6.33. The average Bonchev–Trinajstić information content (AvgIpc) is 3.13. The lowest BCUT2D eigenvalue weighted by molar-refractivity contribution is -0.142. The van der Waals surface area contributed by atoms with Gasteiger partial charge in [-0.3, -0.25) is 0 Å². The Morgan fingerprint density at radius 3 is 2.52 bits per heavy atom. The van der Waals surface area contributed by atoms with E-state index in [-0.39, 0.29) is 28.2 Å². The van der Waals surface area contributed by atoms with Crippen molar-refractivity contribution >= 4 is 29.2 Å². The molecule has 7 nitrogen and oxygen atoms in total. The second-order valence-electron chi connectivity index (χ2n) is 6.37. The Morgan fingerprint density at radius 1 is 1.28 bits per heavy atom. The van der Waals surface area contributed by atoms with Crippen LogP contribution in [-0.2, 0) is 9.53 Å². The van der Waals surface area contributed by atoms with E-state index in [0.717, 1.165) is 4.52 Å². The number of halogens is 4. The number of benzene rings is 1. The van der Waals surface area contributed by atoms with E-state index < -0.39 is 35.0 Å². The molecule has 1 unspecified atom stereocenters. The SMILES string of the molecule is CCC(C)[C@H](Nc1c(-c2c(F)cc(F)cc2F)c(Cl)nc2ncnn12)C(=O)OC. The summed E-state index contributed by atoms with van der Waals surface area (Å²) in [5, 5.41) is 6.62. The van der Waals surface area contributed by atoms with Gasteiger partial charge in [-0.25, -0.2) is 18.0 Å². The Balaban J connectivity index is 2.30. The van der Waals surface area contributed by atoms with Gasteiger partial charge in [0.15, 0.2) is 0 Å². The predicted octanol–water partition coefficient (Wildman–Crippen LogP) is 3.86. The molecule has 29 heavy (non-hydrogen) atoms. The van der Waals surface area contributed by atoms with Gasteiger partial charge in [-0.1, -0.05) is 31.9 Å². The molecule has 0 bridgehead atoms. The maximum absolute atomic E-state index is 14.5. The molecule has 0 saturated carbocycles. The Hall–Kier alpha value is -2.88. The third-order valence-electron chi connectivity index (χ3n) is 4.60. The number of nitrogens with one attached hydrogen (secondary N) is 1. The number of nitrogens with zero attached hydrogens (tertiary/aromatic N) is 4. The summed E-state index contributed by atoms with van der Waals surface area (Å²) < 4.78 is 48.5. The zero-order valence-corrected chi connectivity index (χ0v) is 16.5. The van der Waals surface area contributed by atoms with Crippen molar-refractivity contribution in [2.75, 3.05) is 12.4 Å². The van der Waals surface area contributed by atoms with E-state index in [0.29, 0.717) is 18.6 Å². The number of ether oxygens (including phenoxy) is 1. The van der Waals surface area contributed by atoms with E-state index in [4.69, 9.17) is 16.3 Å². The average molecular weight is 428 g/mol. The highest BCUT2D eigenvalue weighted by Gasteiger charge is 2.30. The van der Waals surface area contributed by atoms with E-state index in [1.807, 2.05) is 6.92 Å². The molecule has 3 rings (SSSR count). The van der Waals surface area contributed by atoms with Gasteiger partial charge in [0.25, 0.3) is 5.78 Å². The summed E-state index contributed by atoms with van der Waals surface area (Å²) in [6.07, 6.45) is 1.77. The summed E-state index contributed by atoms with van der Waals surface area (Å²) in [5.74, 6) is -4.26. The third kappa shape index (κ3) is 3.84. The monoisotopic (exact) mass is 427 g/mol. The Morgan fingerprint density at radius 2 is 1.93 bits per heavy atom. The van der Waals surface area contributed by atoms with Crippen molar-refractivity contribution in [3.63, 3.8) is 0 Å². The summed E-state index contributed by atoms with van der Waals surface area (Å²) in [6.45, 7) is 3.67. The molecule has 2 atom stereocenters. The fraction of sp³-hybridized carbons (Fsp3) is 0.333. The largest absolute Gasteiger partial charge is 0.467 e. The number of carbonyl (C=O) groups excluding carboxylic acids is 1. The Labute approximate surface area is 168 Å². The van der Waals surface area contributed by atoms with Crippen LogP contribution in [0.4, 0.5) is 19.0 Å².